The van der Waals surface area contributed by atoms with Gasteiger partial charge in [0, 0.05) is 31.4 Å². The number of aliphatic hydroxyl groups is 1. The van der Waals surface area contributed by atoms with Gasteiger partial charge in [-0.1, -0.05) is 18.2 Å². The van der Waals surface area contributed by atoms with Crippen molar-refractivity contribution in [1.29, 1.82) is 0 Å². The van der Waals surface area contributed by atoms with E-state index >= 15 is 0 Å². The van der Waals surface area contributed by atoms with Gasteiger partial charge in [0.2, 0.25) is 0 Å². The number of likely N-dealkylation sites (N-methyl/N-ethyl adjacent to an activating group) is 1. The molecule has 0 saturated carbocycles. The summed E-state index contributed by atoms with van der Waals surface area (Å²) in [6, 6.07) is 10.8. The number of anilines is 1. The minimum atomic E-state index is -0.167. The molecule has 1 aliphatic rings. The monoisotopic (exact) mass is 220 g/mol. The number of rotatable bonds is 4. The molecule has 0 radical (unpaired) electrons. The van der Waals surface area contributed by atoms with Crippen LogP contribution in [-0.4, -0.2) is 36.9 Å². The number of nitrogens with one attached hydrogen (secondary N) is 1. The second kappa shape index (κ2) is 5.32. The molecule has 16 heavy (non-hydrogen) atoms. The van der Waals surface area contributed by atoms with Gasteiger partial charge in [0.1, 0.15) is 0 Å². The molecule has 1 aromatic carbocycles. The van der Waals surface area contributed by atoms with Crippen molar-refractivity contribution in [2.45, 2.75) is 25.5 Å². The van der Waals surface area contributed by atoms with E-state index in [-0.39, 0.29) is 6.10 Å². The number of para-hydroxylation sites is 1. The van der Waals surface area contributed by atoms with Crippen LogP contribution in [0.4, 0.5) is 5.69 Å². The van der Waals surface area contributed by atoms with Crippen molar-refractivity contribution in [3.8, 4) is 0 Å². The van der Waals surface area contributed by atoms with Crippen LogP contribution in [0, 0.1) is 0 Å². The minimum absolute atomic E-state index is 0.167. The second-order valence-electron chi connectivity index (χ2n) is 4.37. The fraction of sp³-hybridized carbons (Fsp3) is 0.538. The van der Waals surface area contributed by atoms with Gasteiger partial charge >= 0.3 is 0 Å². The summed E-state index contributed by atoms with van der Waals surface area (Å²) in [7, 11) is 0. The molecule has 3 heteroatoms. The molecule has 0 spiro atoms. The normalized spacial score (nSPS) is 24.6. The van der Waals surface area contributed by atoms with E-state index in [1.165, 1.54) is 5.69 Å². The van der Waals surface area contributed by atoms with Crippen molar-refractivity contribution in [3.63, 3.8) is 0 Å². The zero-order valence-electron chi connectivity index (χ0n) is 9.76. The number of β-amino-alcohol motifs (C(OH)–C–C–N with tert-alkyl or cyclic N) is 1. The summed E-state index contributed by atoms with van der Waals surface area (Å²) < 4.78 is 0. The summed E-state index contributed by atoms with van der Waals surface area (Å²) in [5.41, 5.74) is 1.26. The molecular weight excluding hydrogens is 200 g/mol. The molecule has 2 atom stereocenters. The van der Waals surface area contributed by atoms with Crippen LogP contribution in [0.3, 0.4) is 0 Å². The van der Waals surface area contributed by atoms with Gasteiger partial charge in [0.15, 0.2) is 0 Å². The summed E-state index contributed by atoms with van der Waals surface area (Å²) in [4.78, 5) is 2.34. The second-order valence-corrected chi connectivity index (χ2v) is 4.37. The van der Waals surface area contributed by atoms with Crippen LogP contribution in [0.5, 0.6) is 0 Å². The molecule has 1 heterocycles. The Labute approximate surface area is 97.1 Å². The Hall–Kier alpha value is -1.06. The lowest BCUT2D eigenvalue weighted by Crippen LogP contribution is -2.37. The van der Waals surface area contributed by atoms with E-state index < -0.39 is 0 Å². The maximum absolute atomic E-state index is 9.47. The van der Waals surface area contributed by atoms with Crippen LogP contribution >= 0.6 is 0 Å². The number of nitrogens with zero attached hydrogens (tertiary/aromatic N) is 1. The number of hydrogen-bond acceptors (Lipinski definition) is 3. The molecule has 1 aromatic rings. The first-order valence-electron chi connectivity index (χ1n) is 6.01. The van der Waals surface area contributed by atoms with Crippen molar-refractivity contribution in [2.75, 3.05) is 24.5 Å². The maximum Gasteiger partial charge on any atom is 0.0680 e. The SMILES string of the molecule is CCN(CC1CC(O)CN1)c1ccccc1. The minimum Gasteiger partial charge on any atom is -0.392 e. The fourth-order valence-electron chi connectivity index (χ4n) is 2.26. The number of aliphatic hydroxyl groups excluding tert-OH is 1. The molecule has 3 nitrogen and oxygen atoms in total. The number of benzene rings is 1. The summed E-state index contributed by atoms with van der Waals surface area (Å²) in [5.74, 6) is 0. The lowest BCUT2D eigenvalue weighted by Gasteiger charge is -2.26. The van der Waals surface area contributed by atoms with Crippen molar-refractivity contribution >= 4 is 5.69 Å². The first-order valence-corrected chi connectivity index (χ1v) is 6.01. The summed E-state index contributed by atoms with van der Waals surface area (Å²) in [6.45, 7) is 4.87. The standard InChI is InChI=1S/C13H20N2O/c1-2-15(12-6-4-3-5-7-12)10-11-8-13(16)9-14-11/h3-7,11,13-14,16H,2,8-10H2,1H3. The van der Waals surface area contributed by atoms with Gasteiger partial charge in [-0.3, -0.25) is 0 Å². The highest BCUT2D eigenvalue weighted by atomic mass is 16.3. The average Bonchev–Trinajstić information content (AvgIpc) is 2.73. The highest BCUT2D eigenvalue weighted by Gasteiger charge is 2.23. The van der Waals surface area contributed by atoms with Crippen molar-refractivity contribution in [2.24, 2.45) is 0 Å². The van der Waals surface area contributed by atoms with E-state index in [1.54, 1.807) is 0 Å². The van der Waals surface area contributed by atoms with E-state index in [0.29, 0.717) is 6.04 Å². The molecule has 2 unspecified atom stereocenters. The van der Waals surface area contributed by atoms with E-state index in [9.17, 15) is 5.11 Å². The summed E-state index contributed by atoms with van der Waals surface area (Å²) in [5, 5.41) is 12.8. The van der Waals surface area contributed by atoms with Gasteiger partial charge in [0.05, 0.1) is 6.10 Å². The fourth-order valence-corrected chi connectivity index (χ4v) is 2.26. The molecular formula is C13H20N2O. The molecule has 1 fully saturated rings. The third kappa shape index (κ3) is 2.74. The van der Waals surface area contributed by atoms with Crippen LogP contribution in [0.15, 0.2) is 30.3 Å². The quantitative estimate of drug-likeness (QED) is 0.801. The number of hydrogen-bond donors (Lipinski definition) is 2. The van der Waals surface area contributed by atoms with Crippen LogP contribution in [-0.2, 0) is 0 Å². The Bertz CT molecular complexity index is 315. The molecule has 2 rings (SSSR count). The van der Waals surface area contributed by atoms with Crippen molar-refractivity contribution in [3.05, 3.63) is 30.3 Å². The Morgan fingerprint density at radius 2 is 2.12 bits per heavy atom. The Kier molecular flexibility index (Phi) is 3.80. The van der Waals surface area contributed by atoms with Crippen molar-refractivity contribution < 1.29 is 5.11 Å². The van der Waals surface area contributed by atoms with Crippen molar-refractivity contribution in [1.82, 2.24) is 5.32 Å². The molecule has 88 valence electrons. The predicted octanol–water partition coefficient (Wildman–Crippen LogP) is 1.24. The first kappa shape index (κ1) is 11.4. The van der Waals surface area contributed by atoms with E-state index in [4.69, 9.17) is 0 Å². The Morgan fingerprint density at radius 3 is 2.69 bits per heavy atom. The lowest BCUT2D eigenvalue weighted by molar-refractivity contribution is 0.193. The average molecular weight is 220 g/mol. The zero-order chi connectivity index (χ0) is 11.4. The van der Waals surface area contributed by atoms with Gasteiger partial charge in [-0.2, -0.15) is 0 Å². The molecule has 0 aliphatic carbocycles. The van der Waals surface area contributed by atoms with E-state index in [1.807, 2.05) is 6.07 Å². The zero-order valence-corrected chi connectivity index (χ0v) is 9.76. The van der Waals surface area contributed by atoms with Gasteiger partial charge in [0.25, 0.3) is 0 Å². The van der Waals surface area contributed by atoms with Crippen LogP contribution < -0.4 is 10.2 Å². The molecule has 2 N–H and O–H groups in total. The lowest BCUT2D eigenvalue weighted by atomic mass is 10.2. The molecule has 0 bridgehead atoms. The van der Waals surface area contributed by atoms with Crippen LogP contribution in [0.2, 0.25) is 0 Å². The third-order valence-electron chi connectivity index (χ3n) is 3.14. The molecule has 0 amide bonds. The van der Waals surface area contributed by atoms with Gasteiger partial charge in [-0.15, -0.1) is 0 Å². The molecule has 1 aliphatic heterocycles. The predicted molar refractivity (Wildman–Crippen MR) is 66.7 cm³/mol. The van der Waals surface area contributed by atoms with Gasteiger partial charge in [-0.25, -0.2) is 0 Å². The molecule has 0 aromatic heterocycles. The largest absolute Gasteiger partial charge is 0.392 e. The molecule has 1 saturated heterocycles. The van der Waals surface area contributed by atoms with Crippen LogP contribution in [0.1, 0.15) is 13.3 Å². The first-order chi connectivity index (χ1) is 7.79. The van der Waals surface area contributed by atoms with Gasteiger partial charge in [-0.05, 0) is 25.5 Å². The Balaban J connectivity index is 1.96. The highest BCUT2D eigenvalue weighted by Crippen LogP contribution is 2.15. The maximum atomic E-state index is 9.47. The third-order valence-corrected chi connectivity index (χ3v) is 3.14. The summed E-state index contributed by atoms with van der Waals surface area (Å²) >= 11 is 0. The smallest absolute Gasteiger partial charge is 0.0680 e. The van der Waals surface area contributed by atoms with E-state index in [0.717, 1.165) is 26.1 Å². The van der Waals surface area contributed by atoms with E-state index in [2.05, 4.69) is 41.4 Å². The highest BCUT2D eigenvalue weighted by molar-refractivity contribution is 5.46. The topological polar surface area (TPSA) is 35.5 Å². The summed E-state index contributed by atoms with van der Waals surface area (Å²) in [6.07, 6.45) is 0.697. The Morgan fingerprint density at radius 1 is 1.38 bits per heavy atom. The van der Waals surface area contributed by atoms with Gasteiger partial charge < -0.3 is 15.3 Å². The van der Waals surface area contributed by atoms with Crippen LogP contribution in [0.25, 0.3) is 0 Å².